The van der Waals surface area contributed by atoms with Gasteiger partial charge < -0.3 is 5.11 Å². The molecule has 1 N–H and O–H groups in total. The Kier molecular flexibility index (Phi) is 5.06. The second-order valence-electron chi connectivity index (χ2n) is 5.42. The van der Waals surface area contributed by atoms with Crippen molar-refractivity contribution in [2.24, 2.45) is 5.92 Å². The SMILES string of the molecule is OC(CCCc1ccccc1)CC1CCCC1. The van der Waals surface area contributed by atoms with Gasteiger partial charge in [-0.05, 0) is 37.2 Å². The number of aliphatic hydroxyl groups excluding tert-OH is 1. The molecule has 0 bridgehead atoms. The summed E-state index contributed by atoms with van der Waals surface area (Å²) in [6, 6.07) is 10.6. The Hall–Kier alpha value is -0.820. The van der Waals surface area contributed by atoms with Gasteiger partial charge >= 0.3 is 0 Å². The molecule has 1 nitrogen and oxygen atoms in total. The minimum Gasteiger partial charge on any atom is -0.393 e. The molecule has 1 aromatic carbocycles. The first-order valence-electron chi connectivity index (χ1n) is 7.06. The fourth-order valence-electron chi connectivity index (χ4n) is 2.94. The van der Waals surface area contributed by atoms with E-state index < -0.39 is 0 Å². The van der Waals surface area contributed by atoms with Crippen molar-refractivity contribution in [1.29, 1.82) is 0 Å². The maximum absolute atomic E-state index is 9.99. The summed E-state index contributed by atoms with van der Waals surface area (Å²) < 4.78 is 0. The van der Waals surface area contributed by atoms with Gasteiger partial charge in [0.2, 0.25) is 0 Å². The third-order valence-corrected chi connectivity index (χ3v) is 3.93. The molecular weight excluding hydrogens is 208 g/mol. The zero-order valence-corrected chi connectivity index (χ0v) is 10.6. The van der Waals surface area contributed by atoms with Crippen molar-refractivity contribution in [1.82, 2.24) is 0 Å². The van der Waals surface area contributed by atoms with Gasteiger partial charge in [0.1, 0.15) is 0 Å². The lowest BCUT2D eigenvalue weighted by atomic mass is 9.96. The van der Waals surface area contributed by atoms with Crippen molar-refractivity contribution < 1.29 is 5.11 Å². The topological polar surface area (TPSA) is 20.2 Å². The van der Waals surface area contributed by atoms with Crippen molar-refractivity contribution in [2.45, 2.75) is 57.5 Å². The first-order valence-corrected chi connectivity index (χ1v) is 7.06. The number of aliphatic hydroxyl groups is 1. The Morgan fingerprint density at radius 1 is 1.12 bits per heavy atom. The monoisotopic (exact) mass is 232 g/mol. The summed E-state index contributed by atoms with van der Waals surface area (Å²) in [5, 5.41) is 9.99. The summed E-state index contributed by atoms with van der Waals surface area (Å²) >= 11 is 0. The van der Waals surface area contributed by atoms with Crippen LogP contribution >= 0.6 is 0 Å². The van der Waals surface area contributed by atoms with Crippen LogP contribution in [0.2, 0.25) is 0 Å². The van der Waals surface area contributed by atoms with E-state index in [-0.39, 0.29) is 6.10 Å². The van der Waals surface area contributed by atoms with E-state index in [4.69, 9.17) is 0 Å². The zero-order valence-electron chi connectivity index (χ0n) is 10.6. The average Bonchev–Trinajstić information content (AvgIpc) is 2.83. The van der Waals surface area contributed by atoms with Crippen molar-refractivity contribution in [3.8, 4) is 0 Å². The van der Waals surface area contributed by atoms with Gasteiger partial charge in [-0.3, -0.25) is 0 Å². The molecule has 0 aromatic heterocycles. The van der Waals surface area contributed by atoms with Crippen LogP contribution in [0.4, 0.5) is 0 Å². The van der Waals surface area contributed by atoms with Gasteiger partial charge in [-0.2, -0.15) is 0 Å². The number of hydrogen-bond acceptors (Lipinski definition) is 1. The van der Waals surface area contributed by atoms with Crippen molar-refractivity contribution in [3.63, 3.8) is 0 Å². The van der Waals surface area contributed by atoms with Crippen LogP contribution < -0.4 is 0 Å². The van der Waals surface area contributed by atoms with E-state index in [0.717, 1.165) is 31.6 Å². The Bertz CT molecular complexity index is 301. The standard InChI is InChI=1S/C16H24O/c17-16(13-15-9-4-5-10-15)12-6-11-14-7-2-1-3-8-14/h1-3,7-8,15-17H,4-6,9-13H2. The third-order valence-electron chi connectivity index (χ3n) is 3.93. The molecule has 1 fully saturated rings. The van der Waals surface area contributed by atoms with Gasteiger partial charge in [-0.25, -0.2) is 0 Å². The molecule has 1 aromatic rings. The van der Waals surface area contributed by atoms with Crippen LogP contribution in [-0.4, -0.2) is 11.2 Å². The zero-order chi connectivity index (χ0) is 11.9. The molecule has 1 saturated carbocycles. The molecule has 17 heavy (non-hydrogen) atoms. The molecular formula is C16H24O. The van der Waals surface area contributed by atoms with E-state index in [0.29, 0.717) is 0 Å². The van der Waals surface area contributed by atoms with E-state index in [1.165, 1.54) is 31.2 Å². The Labute approximate surface area is 105 Å². The second kappa shape index (κ2) is 6.80. The number of aryl methyl sites for hydroxylation is 1. The molecule has 0 spiro atoms. The van der Waals surface area contributed by atoms with E-state index >= 15 is 0 Å². The van der Waals surface area contributed by atoms with Crippen LogP contribution in [0.5, 0.6) is 0 Å². The first-order chi connectivity index (χ1) is 8.34. The Balaban J connectivity index is 1.61. The maximum atomic E-state index is 9.99. The lowest BCUT2D eigenvalue weighted by Gasteiger charge is -2.15. The molecule has 1 aliphatic carbocycles. The molecule has 0 aliphatic heterocycles. The summed E-state index contributed by atoms with van der Waals surface area (Å²) in [6.45, 7) is 0. The molecule has 1 heteroatoms. The summed E-state index contributed by atoms with van der Waals surface area (Å²) in [6.07, 6.45) is 9.58. The van der Waals surface area contributed by atoms with Crippen molar-refractivity contribution >= 4 is 0 Å². The fraction of sp³-hybridized carbons (Fsp3) is 0.625. The van der Waals surface area contributed by atoms with Gasteiger partial charge in [0.25, 0.3) is 0 Å². The van der Waals surface area contributed by atoms with Gasteiger partial charge in [0.15, 0.2) is 0 Å². The van der Waals surface area contributed by atoms with Gasteiger partial charge in [-0.15, -0.1) is 0 Å². The predicted molar refractivity (Wildman–Crippen MR) is 72.0 cm³/mol. The molecule has 0 amide bonds. The number of benzene rings is 1. The highest BCUT2D eigenvalue weighted by atomic mass is 16.3. The van der Waals surface area contributed by atoms with Gasteiger partial charge in [0.05, 0.1) is 6.10 Å². The predicted octanol–water partition coefficient (Wildman–Crippen LogP) is 3.95. The van der Waals surface area contributed by atoms with Crippen LogP contribution in [0, 0.1) is 5.92 Å². The highest BCUT2D eigenvalue weighted by Crippen LogP contribution is 2.29. The number of hydrogen-bond donors (Lipinski definition) is 1. The van der Waals surface area contributed by atoms with E-state index in [1.807, 2.05) is 0 Å². The van der Waals surface area contributed by atoms with Crippen molar-refractivity contribution in [2.75, 3.05) is 0 Å². The molecule has 1 unspecified atom stereocenters. The largest absolute Gasteiger partial charge is 0.393 e. The van der Waals surface area contributed by atoms with Crippen LogP contribution in [0.15, 0.2) is 30.3 Å². The molecule has 0 radical (unpaired) electrons. The van der Waals surface area contributed by atoms with Crippen LogP contribution in [0.25, 0.3) is 0 Å². The van der Waals surface area contributed by atoms with E-state index in [9.17, 15) is 5.11 Å². The fourth-order valence-corrected chi connectivity index (χ4v) is 2.94. The highest BCUT2D eigenvalue weighted by molar-refractivity contribution is 5.14. The molecule has 0 heterocycles. The van der Waals surface area contributed by atoms with Crippen LogP contribution in [-0.2, 0) is 6.42 Å². The van der Waals surface area contributed by atoms with Crippen LogP contribution in [0.1, 0.15) is 50.5 Å². The quantitative estimate of drug-likeness (QED) is 0.787. The number of rotatable bonds is 6. The van der Waals surface area contributed by atoms with Crippen LogP contribution in [0.3, 0.4) is 0 Å². The molecule has 1 aliphatic rings. The smallest absolute Gasteiger partial charge is 0.0543 e. The first kappa shape index (κ1) is 12.6. The summed E-state index contributed by atoms with van der Waals surface area (Å²) in [7, 11) is 0. The van der Waals surface area contributed by atoms with E-state index in [1.54, 1.807) is 0 Å². The van der Waals surface area contributed by atoms with Gasteiger partial charge in [-0.1, -0.05) is 56.0 Å². The lowest BCUT2D eigenvalue weighted by molar-refractivity contribution is 0.131. The minimum absolute atomic E-state index is 0.0678. The highest BCUT2D eigenvalue weighted by Gasteiger charge is 2.18. The Morgan fingerprint density at radius 2 is 1.82 bits per heavy atom. The average molecular weight is 232 g/mol. The Morgan fingerprint density at radius 3 is 2.53 bits per heavy atom. The summed E-state index contributed by atoms with van der Waals surface area (Å²) in [5.41, 5.74) is 1.39. The summed E-state index contributed by atoms with van der Waals surface area (Å²) in [5.74, 6) is 0.807. The lowest BCUT2D eigenvalue weighted by Crippen LogP contribution is -2.11. The van der Waals surface area contributed by atoms with Crippen molar-refractivity contribution in [3.05, 3.63) is 35.9 Å². The summed E-state index contributed by atoms with van der Waals surface area (Å²) in [4.78, 5) is 0. The normalized spacial score (nSPS) is 18.4. The van der Waals surface area contributed by atoms with Gasteiger partial charge in [0, 0.05) is 0 Å². The van der Waals surface area contributed by atoms with E-state index in [2.05, 4.69) is 30.3 Å². The maximum Gasteiger partial charge on any atom is 0.0543 e. The molecule has 2 rings (SSSR count). The third kappa shape index (κ3) is 4.51. The second-order valence-corrected chi connectivity index (χ2v) is 5.42. The molecule has 94 valence electrons. The minimum atomic E-state index is -0.0678. The molecule has 1 atom stereocenters. The molecule has 0 saturated heterocycles.